The SMILES string of the molecule is C.CCC(C)(C)C1=NCCN1.CCC(C)N1CCCC1=O. The first-order valence-corrected chi connectivity index (χ1v) is 8.00. The Morgan fingerprint density at radius 3 is 2.43 bits per heavy atom. The second kappa shape index (κ2) is 9.06. The van der Waals surface area contributed by atoms with Gasteiger partial charge in [-0.05, 0) is 26.2 Å². The van der Waals surface area contributed by atoms with E-state index in [0.29, 0.717) is 11.9 Å². The largest absolute Gasteiger partial charge is 0.372 e. The molecular formula is C17H35N3O. The molecule has 1 amide bonds. The monoisotopic (exact) mass is 297 g/mol. The van der Waals surface area contributed by atoms with E-state index in [1.54, 1.807) is 0 Å². The van der Waals surface area contributed by atoms with Crippen molar-refractivity contribution in [3.63, 3.8) is 0 Å². The van der Waals surface area contributed by atoms with Gasteiger partial charge in [0, 0.05) is 31.0 Å². The second-order valence-electron chi connectivity index (χ2n) is 6.34. The van der Waals surface area contributed by atoms with Crippen LogP contribution in [0.2, 0.25) is 0 Å². The highest BCUT2D eigenvalue weighted by Gasteiger charge is 2.24. The van der Waals surface area contributed by atoms with Crippen LogP contribution in [-0.4, -0.2) is 42.3 Å². The molecule has 1 unspecified atom stereocenters. The fraction of sp³-hybridized carbons (Fsp3) is 0.882. The number of nitrogens with zero attached hydrogens (tertiary/aromatic N) is 2. The van der Waals surface area contributed by atoms with Crippen LogP contribution in [0, 0.1) is 5.41 Å². The Morgan fingerprint density at radius 2 is 2.05 bits per heavy atom. The molecule has 2 aliphatic rings. The summed E-state index contributed by atoms with van der Waals surface area (Å²) in [7, 11) is 0. The number of nitrogens with one attached hydrogen (secondary N) is 1. The van der Waals surface area contributed by atoms with Crippen LogP contribution in [-0.2, 0) is 4.79 Å². The third-order valence-electron chi connectivity index (χ3n) is 4.43. The molecule has 0 bridgehead atoms. The van der Waals surface area contributed by atoms with Gasteiger partial charge < -0.3 is 10.2 Å². The lowest BCUT2D eigenvalue weighted by Gasteiger charge is -2.22. The summed E-state index contributed by atoms with van der Waals surface area (Å²) in [6.45, 7) is 13.8. The van der Waals surface area contributed by atoms with Gasteiger partial charge in [0.15, 0.2) is 0 Å². The number of hydrogen-bond acceptors (Lipinski definition) is 3. The van der Waals surface area contributed by atoms with Crippen molar-refractivity contribution in [3.8, 4) is 0 Å². The number of rotatable bonds is 4. The highest BCUT2D eigenvalue weighted by Crippen LogP contribution is 2.21. The summed E-state index contributed by atoms with van der Waals surface area (Å²) < 4.78 is 0. The molecule has 0 aromatic carbocycles. The first-order valence-electron chi connectivity index (χ1n) is 8.00. The van der Waals surface area contributed by atoms with Crippen LogP contribution < -0.4 is 5.32 Å². The first-order chi connectivity index (χ1) is 9.42. The van der Waals surface area contributed by atoms with Gasteiger partial charge in [-0.25, -0.2) is 0 Å². The quantitative estimate of drug-likeness (QED) is 0.863. The van der Waals surface area contributed by atoms with E-state index in [4.69, 9.17) is 0 Å². The van der Waals surface area contributed by atoms with E-state index in [1.807, 2.05) is 4.90 Å². The minimum atomic E-state index is 0. The zero-order chi connectivity index (χ0) is 15.2. The third-order valence-corrected chi connectivity index (χ3v) is 4.43. The van der Waals surface area contributed by atoms with Crippen molar-refractivity contribution in [2.45, 2.75) is 73.8 Å². The number of carbonyl (C=O) groups is 1. The molecule has 0 radical (unpaired) electrons. The van der Waals surface area contributed by atoms with Gasteiger partial charge in [-0.1, -0.05) is 35.1 Å². The van der Waals surface area contributed by atoms with Crippen LogP contribution in [0.5, 0.6) is 0 Å². The Kier molecular flexibility index (Phi) is 8.60. The van der Waals surface area contributed by atoms with Crippen molar-refractivity contribution in [3.05, 3.63) is 0 Å². The van der Waals surface area contributed by atoms with Crippen LogP contribution in [0.4, 0.5) is 0 Å². The van der Waals surface area contributed by atoms with Gasteiger partial charge in [-0.15, -0.1) is 0 Å². The minimum absolute atomic E-state index is 0. The standard InChI is InChI=1S/C8H16N2.C8H15NO.CH4/c1-4-8(2,3)7-9-5-6-10-7;1-3-7(2)9-6-4-5-8(9)10;/h4-6H2,1-3H3,(H,9,10);7H,3-6H2,1-2H3;1H4. The lowest BCUT2D eigenvalue weighted by molar-refractivity contribution is -0.129. The Balaban J connectivity index is 0.000000364. The predicted molar refractivity (Wildman–Crippen MR) is 91.8 cm³/mol. The molecule has 21 heavy (non-hydrogen) atoms. The lowest BCUT2D eigenvalue weighted by Crippen LogP contribution is -2.33. The fourth-order valence-electron chi connectivity index (χ4n) is 2.37. The van der Waals surface area contributed by atoms with E-state index < -0.39 is 0 Å². The molecular weight excluding hydrogens is 262 g/mol. The topological polar surface area (TPSA) is 44.7 Å². The smallest absolute Gasteiger partial charge is 0.222 e. The summed E-state index contributed by atoms with van der Waals surface area (Å²) in [5, 5.41) is 3.30. The zero-order valence-electron chi connectivity index (χ0n) is 13.8. The Hall–Kier alpha value is -1.06. The lowest BCUT2D eigenvalue weighted by atomic mass is 9.89. The molecule has 0 saturated carbocycles. The van der Waals surface area contributed by atoms with Gasteiger partial charge in [0.05, 0.1) is 6.54 Å². The zero-order valence-corrected chi connectivity index (χ0v) is 13.8. The van der Waals surface area contributed by atoms with Gasteiger partial charge in [-0.2, -0.15) is 0 Å². The minimum Gasteiger partial charge on any atom is -0.372 e. The van der Waals surface area contributed by atoms with E-state index >= 15 is 0 Å². The maximum atomic E-state index is 11.1. The molecule has 0 spiro atoms. The van der Waals surface area contributed by atoms with Gasteiger partial charge in [0.2, 0.25) is 5.91 Å². The second-order valence-corrected chi connectivity index (χ2v) is 6.34. The molecule has 1 atom stereocenters. The van der Waals surface area contributed by atoms with E-state index in [1.165, 1.54) is 5.84 Å². The van der Waals surface area contributed by atoms with E-state index in [9.17, 15) is 4.79 Å². The first kappa shape index (κ1) is 19.9. The average Bonchev–Trinajstić information content (AvgIpc) is 3.09. The number of amides is 1. The van der Waals surface area contributed by atoms with Gasteiger partial charge in [-0.3, -0.25) is 9.79 Å². The number of carbonyl (C=O) groups excluding carboxylic acids is 1. The molecule has 0 aliphatic carbocycles. The average molecular weight is 297 g/mol. The molecule has 0 aromatic rings. The molecule has 2 rings (SSSR count). The van der Waals surface area contributed by atoms with E-state index in [-0.39, 0.29) is 12.8 Å². The van der Waals surface area contributed by atoms with Crippen LogP contribution in [0.25, 0.3) is 0 Å². The van der Waals surface area contributed by atoms with Crippen LogP contribution in [0.15, 0.2) is 4.99 Å². The Labute approximate surface area is 131 Å². The van der Waals surface area contributed by atoms with Crippen molar-refractivity contribution in [1.82, 2.24) is 10.2 Å². The summed E-state index contributed by atoms with van der Waals surface area (Å²) in [5.74, 6) is 1.53. The predicted octanol–water partition coefficient (Wildman–Crippen LogP) is 3.47. The molecule has 1 fully saturated rings. The molecule has 124 valence electrons. The Morgan fingerprint density at radius 1 is 1.38 bits per heavy atom. The number of aliphatic imine (C=N–C) groups is 1. The van der Waals surface area contributed by atoms with Gasteiger partial charge in [0.1, 0.15) is 5.84 Å². The third kappa shape index (κ3) is 5.68. The number of hydrogen-bond donors (Lipinski definition) is 1. The van der Waals surface area contributed by atoms with Gasteiger partial charge in [0.25, 0.3) is 0 Å². The molecule has 4 nitrogen and oxygen atoms in total. The van der Waals surface area contributed by atoms with Crippen molar-refractivity contribution in [2.24, 2.45) is 10.4 Å². The van der Waals surface area contributed by atoms with Crippen LogP contribution in [0.1, 0.15) is 67.7 Å². The molecule has 1 N–H and O–H groups in total. The molecule has 2 heterocycles. The van der Waals surface area contributed by atoms with Crippen LogP contribution >= 0.6 is 0 Å². The molecule has 2 aliphatic heterocycles. The van der Waals surface area contributed by atoms with Crippen molar-refractivity contribution >= 4 is 11.7 Å². The maximum Gasteiger partial charge on any atom is 0.222 e. The van der Waals surface area contributed by atoms with Gasteiger partial charge >= 0.3 is 0 Å². The number of likely N-dealkylation sites (tertiary alicyclic amines) is 1. The summed E-state index contributed by atoms with van der Waals surface area (Å²) in [6, 6.07) is 0.454. The van der Waals surface area contributed by atoms with Crippen molar-refractivity contribution < 1.29 is 4.79 Å². The highest BCUT2D eigenvalue weighted by molar-refractivity contribution is 5.88. The summed E-state index contributed by atoms with van der Waals surface area (Å²) in [5.41, 5.74) is 0.260. The van der Waals surface area contributed by atoms with Crippen LogP contribution in [0.3, 0.4) is 0 Å². The summed E-state index contributed by atoms with van der Waals surface area (Å²) >= 11 is 0. The fourth-order valence-corrected chi connectivity index (χ4v) is 2.37. The van der Waals surface area contributed by atoms with E-state index in [0.717, 1.165) is 45.3 Å². The molecule has 1 saturated heterocycles. The van der Waals surface area contributed by atoms with Crippen molar-refractivity contribution in [2.75, 3.05) is 19.6 Å². The van der Waals surface area contributed by atoms with E-state index in [2.05, 4.69) is 44.9 Å². The highest BCUT2D eigenvalue weighted by atomic mass is 16.2. The maximum absolute atomic E-state index is 11.1. The Bertz CT molecular complexity index is 350. The summed E-state index contributed by atoms with van der Waals surface area (Å²) in [4.78, 5) is 17.5. The normalized spacial score (nSPS) is 19.2. The number of amidine groups is 1. The molecule has 4 heteroatoms. The molecule has 0 aromatic heterocycles. The van der Waals surface area contributed by atoms with Crippen molar-refractivity contribution in [1.29, 1.82) is 0 Å². The summed E-state index contributed by atoms with van der Waals surface area (Å²) in [6.07, 6.45) is 4.05.